The normalized spacial score (nSPS) is 22.4. The molecule has 1 amide bonds. The largest absolute Gasteiger partial charge is 0.363 e. The standard InChI is InChI=1S/C14H13N5O2/c15-12(20)13-16-11-8-18-6-3-7-21-14(18)9-4-1-2-5-10(9)19(11)17-13/h1-6,8,14H,7H2,(H2,15,20)(H,16,17). The molecule has 7 heteroatoms. The number of amidine groups is 1. The van der Waals surface area contributed by atoms with Gasteiger partial charge in [0.15, 0.2) is 12.0 Å². The zero-order valence-corrected chi connectivity index (χ0v) is 11.1. The molecule has 0 saturated heterocycles. The van der Waals surface area contributed by atoms with E-state index in [4.69, 9.17) is 10.5 Å². The van der Waals surface area contributed by atoms with Crippen molar-refractivity contribution in [1.29, 1.82) is 0 Å². The van der Waals surface area contributed by atoms with Crippen LogP contribution in [0.3, 0.4) is 0 Å². The number of hydrazine groups is 1. The van der Waals surface area contributed by atoms with Crippen molar-refractivity contribution in [3.63, 3.8) is 0 Å². The van der Waals surface area contributed by atoms with E-state index in [0.29, 0.717) is 12.4 Å². The maximum Gasteiger partial charge on any atom is 0.286 e. The van der Waals surface area contributed by atoms with Crippen molar-refractivity contribution in [2.45, 2.75) is 6.23 Å². The zero-order chi connectivity index (χ0) is 14.4. The fourth-order valence-corrected chi connectivity index (χ4v) is 2.60. The van der Waals surface area contributed by atoms with Crippen LogP contribution in [0.5, 0.6) is 0 Å². The number of carbonyl (C=O) groups is 1. The Morgan fingerprint density at radius 1 is 1.43 bits per heavy atom. The molecular formula is C14H13N5O2. The van der Waals surface area contributed by atoms with Gasteiger partial charge in [0.05, 0.1) is 18.5 Å². The van der Waals surface area contributed by atoms with Gasteiger partial charge in [-0.05, 0) is 12.1 Å². The van der Waals surface area contributed by atoms with E-state index >= 15 is 0 Å². The van der Waals surface area contributed by atoms with Crippen molar-refractivity contribution in [3.05, 3.63) is 54.1 Å². The predicted molar refractivity (Wildman–Crippen MR) is 76.4 cm³/mol. The maximum absolute atomic E-state index is 11.3. The fraction of sp³-hybridized carbons (Fsp3) is 0.143. The van der Waals surface area contributed by atoms with Gasteiger partial charge >= 0.3 is 0 Å². The third kappa shape index (κ3) is 1.78. The minimum Gasteiger partial charge on any atom is -0.363 e. The summed E-state index contributed by atoms with van der Waals surface area (Å²) >= 11 is 0. The Balaban J connectivity index is 1.88. The number of nitrogens with two attached hydrogens (primary N) is 1. The van der Waals surface area contributed by atoms with E-state index in [-0.39, 0.29) is 12.1 Å². The quantitative estimate of drug-likeness (QED) is 0.786. The topological polar surface area (TPSA) is 83.2 Å². The van der Waals surface area contributed by atoms with Gasteiger partial charge in [-0.2, -0.15) is 0 Å². The van der Waals surface area contributed by atoms with Crippen molar-refractivity contribution in [3.8, 4) is 0 Å². The van der Waals surface area contributed by atoms with Crippen LogP contribution >= 0.6 is 0 Å². The summed E-state index contributed by atoms with van der Waals surface area (Å²) in [6.07, 6.45) is 5.48. The van der Waals surface area contributed by atoms with Gasteiger partial charge in [-0.15, -0.1) is 0 Å². The van der Waals surface area contributed by atoms with Crippen LogP contribution in [0.4, 0.5) is 5.69 Å². The molecule has 7 nitrogen and oxygen atoms in total. The van der Waals surface area contributed by atoms with Crippen molar-refractivity contribution < 1.29 is 9.53 Å². The molecule has 0 saturated carbocycles. The Hall–Kier alpha value is -2.80. The molecule has 4 rings (SSSR count). The van der Waals surface area contributed by atoms with Crippen LogP contribution in [0.2, 0.25) is 0 Å². The minimum absolute atomic E-state index is 0.122. The van der Waals surface area contributed by atoms with Crippen LogP contribution in [0.25, 0.3) is 0 Å². The molecule has 3 aliphatic heterocycles. The number of nitrogens with one attached hydrogen (secondary N) is 1. The maximum atomic E-state index is 11.3. The van der Waals surface area contributed by atoms with Crippen molar-refractivity contribution in [1.82, 2.24) is 10.3 Å². The van der Waals surface area contributed by atoms with Gasteiger partial charge in [-0.3, -0.25) is 10.2 Å². The molecule has 0 radical (unpaired) electrons. The predicted octanol–water partition coefficient (Wildman–Crippen LogP) is 0.552. The lowest BCUT2D eigenvalue weighted by atomic mass is 10.1. The van der Waals surface area contributed by atoms with Crippen LogP contribution in [-0.2, 0) is 9.53 Å². The molecular weight excluding hydrogens is 270 g/mol. The summed E-state index contributed by atoms with van der Waals surface area (Å²) in [5, 5.41) is 1.74. The lowest BCUT2D eigenvalue weighted by molar-refractivity contribution is -0.112. The van der Waals surface area contributed by atoms with Gasteiger partial charge in [-0.1, -0.05) is 18.2 Å². The molecule has 3 heterocycles. The smallest absolute Gasteiger partial charge is 0.286 e. The number of rotatable bonds is 1. The number of hydrogen-bond donors (Lipinski definition) is 2. The molecule has 21 heavy (non-hydrogen) atoms. The first-order valence-electron chi connectivity index (χ1n) is 6.56. The summed E-state index contributed by atoms with van der Waals surface area (Å²) in [5.74, 6) is 0.119. The lowest BCUT2D eigenvalue weighted by Crippen LogP contribution is -2.41. The number of nitrogens with zero attached hydrogens (tertiary/aromatic N) is 3. The van der Waals surface area contributed by atoms with Gasteiger partial charge in [-0.25, -0.2) is 10.0 Å². The highest BCUT2D eigenvalue weighted by Crippen LogP contribution is 2.38. The highest BCUT2D eigenvalue weighted by molar-refractivity contribution is 6.38. The molecule has 0 fully saturated rings. The lowest BCUT2D eigenvalue weighted by Gasteiger charge is -2.30. The van der Waals surface area contributed by atoms with Gasteiger partial charge in [0, 0.05) is 11.8 Å². The zero-order valence-electron chi connectivity index (χ0n) is 11.1. The van der Waals surface area contributed by atoms with Crippen LogP contribution in [0, 0.1) is 0 Å². The number of hydrogen-bond acceptors (Lipinski definition) is 6. The highest BCUT2D eigenvalue weighted by atomic mass is 16.5. The monoisotopic (exact) mass is 283 g/mol. The third-order valence-electron chi connectivity index (χ3n) is 3.51. The fourth-order valence-electron chi connectivity index (χ4n) is 2.60. The molecule has 0 bridgehead atoms. The number of amides is 1. The molecule has 1 aromatic carbocycles. The summed E-state index contributed by atoms with van der Waals surface area (Å²) in [4.78, 5) is 17.5. The number of aliphatic imine (C=N–C) groups is 1. The number of primary amides is 1. The first-order chi connectivity index (χ1) is 10.2. The number of carbonyl (C=O) groups excluding carboxylic acids is 1. The summed E-state index contributed by atoms with van der Waals surface area (Å²) in [5.41, 5.74) is 10.1. The van der Waals surface area contributed by atoms with Gasteiger partial charge < -0.3 is 15.4 Å². The Morgan fingerprint density at radius 3 is 3.14 bits per heavy atom. The Kier molecular flexibility index (Phi) is 2.48. The van der Waals surface area contributed by atoms with Crippen molar-refractivity contribution >= 4 is 17.4 Å². The summed E-state index contributed by atoms with van der Waals surface area (Å²) in [7, 11) is 0. The first kappa shape index (κ1) is 12.0. The second-order valence-corrected chi connectivity index (χ2v) is 4.84. The molecule has 0 spiro atoms. The average Bonchev–Trinajstić information content (AvgIpc) is 2.87. The van der Waals surface area contributed by atoms with E-state index in [1.807, 2.05) is 47.6 Å². The van der Waals surface area contributed by atoms with E-state index in [0.717, 1.165) is 11.3 Å². The molecule has 1 unspecified atom stereocenters. The molecule has 3 aliphatic rings. The molecule has 1 aromatic rings. The molecule has 106 valence electrons. The van der Waals surface area contributed by atoms with Crippen LogP contribution < -0.4 is 16.2 Å². The van der Waals surface area contributed by atoms with Crippen molar-refractivity contribution in [2.75, 3.05) is 11.6 Å². The van der Waals surface area contributed by atoms with E-state index in [1.165, 1.54) is 0 Å². The number of fused-ring (bicyclic) bond motifs is 5. The molecule has 3 N–H and O–H groups in total. The number of para-hydroxylation sites is 1. The molecule has 0 aliphatic carbocycles. The van der Waals surface area contributed by atoms with E-state index in [2.05, 4.69) is 10.4 Å². The summed E-state index contributed by atoms with van der Waals surface area (Å²) in [6.45, 7) is 0.557. The molecule has 1 atom stereocenters. The summed E-state index contributed by atoms with van der Waals surface area (Å²) in [6, 6.07) is 7.82. The van der Waals surface area contributed by atoms with Gasteiger partial charge in [0.1, 0.15) is 0 Å². The Labute approximate surface area is 121 Å². The van der Waals surface area contributed by atoms with Gasteiger partial charge in [0.25, 0.3) is 5.91 Å². The van der Waals surface area contributed by atoms with Crippen LogP contribution in [0.15, 0.2) is 53.6 Å². The minimum atomic E-state index is -0.594. The SMILES string of the molecule is NC(=O)C1=NC2=CN3C=CCOC3c3ccccc3N2N1. The Bertz CT molecular complexity index is 709. The van der Waals surface area contributed by atoms with Crippen LogP contribution in [0.1, 0.15) is 11.8 Å². The Morgan fingerprint density at radius 2 is 2.29 bits per heavy atom. The second-order valence-electron chi connectivity index (χ2n) is 4.84. The summed E-state index contributed by atoms with van der Waals surface area (Å²) < 4.78 is 5.83. The van der Waals surface area contributed by atoms with Crippen molar-refractivity contribution in [2.24, 2.45) is 10.7 Å². The number of ether oxygens (including phenoxy) is 1. The number of anilines is 1. The van der Waals surface area contributed by atoms with Crippen LogP contribution in [-0.4, -0.2) is 23.2 Å². The van der Waals surface area contributed by atoms with E-state index in [1.54, 1.807) is 5.01 Å². The van der Waals surface area contributed by atoms with E-state index < -0.39 is 5.91 Å². The average molecular weight is 283 g/mol. The third-order valence-corrected chi connectivity index (χ3v) is 3.51. The number of benzene rings is 1. The first-order valence-corrected chi connectivity index (χ1v) is 6.56. The second kappa shape index (κ2) is 4.35. The highest BCUT2D eigenvalue weighted by Gasteiger charge is 2.33. The van der Waals surface area contributed by atoms with E-state index in [9.17, 15) is 4.79 Å². The van der Waals surface area contributed by atoms with Gasteiger partial charge in [0.2, 0.25) is 5.84 Å². The molecule has 0 aromatic heterocycles.